The van der Waals surface area contributed by atoms with Gasteiger partial charge in [-0.05, 0) is 13.0 Å². The highest BCUT2D eigenvalue weighted by atomic mass is 16.7. The number of aliphatic hydroxyl groups excluding tert-OH is 4. The molecule has 2 aliphatic rings. The lowest BCUT2D eigenvalue weighted by atomic mass is 9.99. The third-order valence-corrected chi connectivity index (χ3v) is 3.59. The molecule has 0 saturated carbocycles. The molecule has 0 bridgehead atoms. The molecule has 0 aromatic heterocycles. The van der Waals surface area contributed by atoms with Crippen molar-refractivity contribution < 1.29 is 39.8 Å². The number of aliphatic carboxylic acids is 1. The molecule has 2 unspecified atom stereocenters. The van der Waals surface area contributed by atoms with E-state index in [2.05, 4.69) is 5.32 Å². The Morgan fingerprint density at radius 1 is 1.25 bits per heavy atom. The van der Waals surface area contributed by atoms with Crippen LogP contribution in [0.3, 0.4) is 0 Å². The molecule has 0 aliphatic carbocycles. The molecule has 20 heavy (non-hydrogen) atoms. The largest absolute Gasteiger partial charge is 0.480 e. The van der Waals surface area contributed by atoms with Gasteiger partial charge in [0.1, 0.15) is 30.5 Å². The van der Waals surface area contributed by atoms with E-state index in [1.165, 1.54) is 0 Å². The Morgan fingerprint density at radius 2 is 1.95 bits per heavy atom. The molecule has 0 spiro atoms. The number of hydrogen-bond donors (Lipinski definition) is 6. The van der Waals surface area contributed by atoms with Gasteiger partial charge in [-0.3, -0.25) is 4.79 Å². The SMILES string of the molecule is O=C(O)[C@H]1NCCC1OC1O[C@H](CO)[C@H](O)[C@H](O)[C@H]1O. The first kappa shape index (κ1) is 15.6. The second kappa shape index (κ2) is 6.31. The topological polar surface area (TPSA) is 149 Å². The molecule has 9 nitrogen and oxygen atoms in total. The molecular weight excluding hydrogens is 274 g/mol. The maximum absolute atomic E-state index is 11.0. The van der Waals surface area contributed by atoms with Crippen LogP contribution >= 0.6 is 0 Å². The number of carboxylic acids is 1. The average molecular weight is 293 g/mol. The van der Waals surface area contributed by atoms with E-state index in [1.54, 1.807) is 0 Å². The lowest BCUT2D eigenvalue weighted by molar-refractivity contribution is -0.311. The van der Waals surface area contributed by atoms with Gasteiger partial charge < -0.3 is 40.3 Å². The Kier molecular flexibility index (Phi) is 4.91. The van der Waals surface area contributed by atoms with Gasteiger partial charge in [-0.15, -0.1) is 0 Å². The zero-order valence-electron chi connectivity index (χ0n) is 10.6. The van der Waals surface area contributed by atoms with Crippen LogP contribution in [-0.2, 0) is 14.3 Å². The van der Waals surface area contributed by atoms with Gasteiger partial charge in [0.2, 0.25) is 0 Å². The molecule has 0 aromatic rings. The average Bonchev–Trinajstić information content (AvgIpc) is 2.87. The molecule has 0 radical (unpaired) electrons. The quantitative estimate of drug-likeness (QED) is 0.312. The highest BCUT2D eigenvalue weighted by molar-refractivity contribution is 5.74. The summed E-state index contributed by atoms with van der Waals surface area (Å²) in [5.41, 5.74) is 0. The second-order valence-corrected chi connectivity index (χ2v) is 4.93. The summed E-state index contributed by atoms with van der Waals surface area (Å²) in [5, 5.41) is 49.8. The van der Waals surface area contributed by atoms with Crippen molar-refractivity contribution in [2.24, 2.45) is 0 Å². The van der Waals surface area contributed by atoms with E-state index < -0.39 is 55.4 Å². The summed E-state index contributed by atoms with van der Waals surface area (Å²) in [6.07, 6.45) is -7.23. The number of hydrogen-bond acceptors (Lipinski definition) is 8. The van der Waals surface area contributed by atoms with Crippen molar-refractivity contribution in [1.29, 1.82) is 0 Å². The van der Waals surface area contributed by atoms with E-state index in [9.17, 15) is 20.1 Å². The summed E-state index contributed by atoms with van der Waals surface area (Å²) < 4.78 is 10.6. The number of ether oxygens (including phenoxy) is 2. The Labute approximate surface area is 114 Å². The van der Waals surface area contributed by atoms with Gasteiger partial charge >= 0.3 is 5.97 Å². The fourth-order valence-corrected chi connectivity index (χ4v) is 2.42. The highest BCUT2D eigenvalue weighted by Gasteiger charge is 2.46. The molecule has 2 fully saturated rings. The van der Waals surface area contributed by atoms with Crippen LogP contribution in [0.15, 0.2) is 0 Å². The van der Waals surface area contributed by atoms with Crippen LogP contribution < -0.4 is 5.32 Å². The first-order chi connectivity index (χ1) is 9.45. The minimum Gasteiger partial charge on any atom is -0.480 e. The van der Waals surface area contributed by atoms with Gasteiger partial charge in [0, 0.05) is 0 Å². The van der Waals surface area contributed by atoms with Crippen LogP contribution in [-0.4, -0.2) is 87.5 Å². The lowest BCUT2D eigenvalue weighted by Crippen LogP contribution is -2.60. The standard InChI is InChI=1S/C11H19NO8/c13-3-5-7(14)8(15)9(16)11(20-5)19-4-1-2-12-6(4)10(17)18/h4-9,11-16H,1-3H2,(H,17,18)/t4?,5-,6+,7+,8+,9-,11?/m1/s1. The van der Waals surface area contributed by atoms with Crippen LogP contribution in [0, 0.1) is 0 Å². The number of carboxylic acid groups (broad SMARTS) is 1. The van der Waals surface area contributed by atoms with Crippen LogP contribution in [0.4, 0.5) is 0 Å². The van der Waals surface area contributed by atoms with Gasteiger partial charge in [0.25, 0.3) is 0 Å². The molecular formula is C11H19NO8. The van der Waals surface area contributed by atoms with E-state index in [0.29, 0.717) is 13.0 Å². The van der Waals surface area contributed by atoms with Gasteiger partial charge in [0.05, 0.1) is 12.7 Å². The molecule has 116 valence electrons. The molecule has 2 saturated heterocycles. The van der Waals surface area contributed by atoms with E-state index in [1.807, 2.05) is 0 Å². The summed E-state index contributed by atoms with van der Waals surface area (Å²) in [4.78, 5) is 11.0. The predicted octanol–water partition coefficient (Wildman–Crippen LogP) is -3.38. The number of aliphatic hydroxyl groups is 4. The lowest BCUT2D eigenvalue weighted by Gasteiger charge is -2.40. The maximum atomic E-state index is 11.0. The van der Waals surface area contributed by atoms with Crippen LogP contribution in [0.25, 0.3) is 0 Å². The minimum absolute atomic E-state index is 0.409. The zero-order chi connectivity index (χ0) is 14.9. The Bertz CT molecular complexity index is 351. The predicted molar refractivity (Wildman–Crippen MR) is 62.7 cm³/mol. The maximum Gasteiger partial charge on any atom is 0.323 e. The van der Waals surface area contributed by atoms with Gasteiger partial charge in [-0.1, -0.05) is 0 Å². The van der Waals surface area contributed by atoms with Gasteiger partial charge in [-0.2, -0.15) is 0 Å². The smallest absolute Gasteiger partial charge is 0.323 e. The van der Waals surface area contributed by atoms with Crippen molar-refractivity contribution in [3.05, 3.63) is 0 Å². The van der Waals surface area contributed by atoms with E-state index >= 15 is 0 Å². The van der Waals surface area contributed by atoms with Crippen molar-refractivity contribution in [3.8, 4) is 0 Å². The summed E-state index contributed by atoms with van der Waals surface area (Å²) in [6, 6.07) is -0.928. The van der Waals surface area contributed by atoms with Crippen LogP contribution in [0.1, 0.15) is 6.42 Å². The monoisotopic (exact) mass is 293 g/mol. The van der Waals surface area contributed by atoms with E-state index in [0.717, 1.165) is 0 Å². The summed E-state index contributed by atoms with van der Waals surface area (Å²) in [5.74, 6) is -1.09. The molecule has 2 heterocycles. The summed E-state index contributed by atoms with van der Waals surface area (Å²) >= 11 is 0. The number of carbonyl (C=O) groups is 1. The highest BCUT2D eigenvalue weighted by Crippen LogP contribution is 2.25. The molecule has 6 N–H and O–H groups in total. The van der Waals surface area contributed by atoms with Crippen molar-refractivity contribution in [2.75, 3.05) is 13.2 Å². The van der Waals surface area contributed by atoms with Crippen molar-refractivity contribution in [1.82, 2.24) is 5.32 Å². The Morgan fingerprint density at radius 3 is 2.55 bits per heavy atom. The molecule has 0 amide bonds. The molecule has 2 aliphatic heterocycles. The van der Waals surface area contributed by atoms with Gasteiger partial charge in [-0.25, -0.2) is 0 Å². The van der Waals surface area contributed by atoms with Crippen LogP contribution in [0.2, 0.25) is 0 Å². The second-order valence-electron chi connectivity index (χ2n) is 4.93. The molecule has 9 heteroatoms. The third kappa shape index (κ3) is 2.93. The van der Waals surface area contributed by atoms with Crippen molar-refractivity contribution >= 4 is 5.97 Å². The fraction of sp³-hybridized carbons (Fsp3) is 0.909. The Balaban J connectivity index is 2.02. The first-order valence-corrected chi connectivity index (χ1v) is 6.38. The first-order valence-electron chi connectivity index (χ1n) is 6.38. The number of nitrogens with one attached hydrogen (secondary N) is 1. The minimum atomic E-state index is -1.54. The fourth-order valence-electron chi connectivity index (χ4n) is 2.42. The van der Waals surface area contributed by atoms with Crippen LogP contribution in [0.5, 0.6) is 0 Å². The summed E-state index contributed by atoms with van der Waals surface area (Å²) in [6.45, 7) is -0.116. The Hall–Kier alpha value is -0.810. The zero-order valence-corrected chi connectivity index (χ0v) is 10.6. The summed E-state index contributed by atoms with van der Waals surface area (Å²) in [7, 11) is 0. The van der Waals surface area contributed by atoms with Crippen molar-refractivity contribution in [2.45, 2.75) is 49.3 Å². The normalized spacial score (nSPS) is 45.5. The molecule has 7 atom stereocenters. The molecule has 2 rings (SSSR count). The van der Waals surface area contributed by atoms with E-state index in [4.69, 9.17) is 19.7 Å². The third-order valence-electron chi connectivity index (χ3n) is 3.59. The number of rotatable bonds is 4. The van der Waals surface area contributed by atoms with E-state index in [-0.39, 0.29) is 0 Å². The molecule has 0 aromatic carbocycles. The van der Waals surface area contributed by atoms with Crippen molar-refractivity contribution in [3.63, 3.8) is 0 Å². The van der Waals surface area contributed by atoms with Gasteiger partial charge in [0.15, 0.2) is 6.29 Å².